The molecule has 3 saturated heterocycles. The fraction of sp³-hybridized carbons (Fsp3) is 0.696. The summed E-state index contributed by atoms with van der Waals surface area (Å²) in [7, 11) is -3.48. The molecule has 9 heteroatoms. The van der Waals surface area contributed by atoms with Crippen molar-refractivity contribution in [3.05, 3.63) is 28.8 Å². The number of benzene rings is 1. The molecule has 32 heavy (non-hydrogen) atoms. The highest BCUT2D eigenvalue weighted by atomic mass is 35.5. The Morgan fingerprint density at radius 1 is 0.906 bits per heavy atom. The summed E-state index contributed by atoms with van der Waals surface area (Å²) in [5.74, 6) is -0.145. The molecular formula is C23H35ClN4O3S. The van der Waals surface area contributed by atoms with Crippen LogP contribution >= 0.6 is 11.6 Å². The number of amides is 1. The van der Waals surface area contributed by atoms with E-state index in [9.17, 15) is 13.2 Å². The van der Waals surface area contributed by atoms with Crippen molar-refractivity contribution in [2.45, 2.75) is 45.4 Å². The number of nitrogens with zero attached hydrogens (tertiary/aromatic N) is 4. The first-order chi connectivity index (χ1) is 15.4. The van der Waals surface area contributed by atoms with Crippen LogP contribution in [0, 0.1) is 12.8 Å². The van der Waals surface area contributed by atoms with E-state index in [1.54, 1.807) is 8.61 Å². The number of hydrogen-bond donors (Lipinski definition) is 0. The van der Waals surface area contributed by atoms with Crippen LogP contribution in [0.3, 0.4) is 0 Å². The van der Waals surface area contributed by atoms with E-state index in [1.165, 1.54) is 5.56 Å². The van der Waals surface area contributed by atoms with Gasteiger partial charge >= 0.3 is 0 Å². The summed E-state index contributed by atoms with van der Waals surface area (Å²) in [5, 5.41) is 0.719. The Kier molecular flexibility index (Phi) is 7.65. The third-order valence-corrected chi connectivity index (χ3v) is 9.29. The first-order valence-electron chi connectivity index (χ1n) is 11.9. The minimum Gasteiger partial charge on any atom is -0.368 e. The fourth-order valence-electron chi connectivity index (χ4n) is 5.14. The smallest absolute Gasteiger partial charge is 0.281 e. The van der Waals surface area contributed by atoms with E-state index < -0.39 is 10.2 Å². The molecular weight excluding hydrogens is 448 g/mol. The number of piperidine rings is 1. The van der Waals surface area contributed by atoms with Crippen LogP contribution in [-0.4, -0.2) is 80.2 Å². The van der Waals surface area contributed by atoms with Gasteiger partial charge in [0.15, 0.2) is 0 Å². The Bertz CT molecular complexity index is 910. The minimum atomic E-state index is -3.48. The van der Waals surface area contributed by atoms with Crippen LogP contribution in [-0.2, 0) is 15.0 Å². The molecule has 1 amide bonds. The molecule has 178 valence electrons. The molecule has 0 N–H and O–H groups in total. The van der Waals surface area contributed by atoms with E-state index in [1.807, 2.05) is 23.1 Å². The van der Waals surface area contributed by atoms with Crippen molar-refractivity contribution in [3.8, 4) is 0 Å². The number of rotatable bonds is 4. The van der Waals surface area contributed by atoms with E-state index in [0.29, 0.717) is 39.3 Å². The Hall–Kier alpha value is -1.35. The molecule has 0 aliphatic carbocycles. The van der Waals surface area contributed by atoms with Crippen LogP contribution in [0.25, 0.3) is 0 Å². The lowest BCUT2D eigenvalue weighted by atomic mass is 9.97. The van der Waals surface area contributed by atoms with Gasteiger partial charge in [0.25, 0.3) is 10.2 Å². The van der Waals surface area contributed by atoms with Crippen LogP contribution in [0.1, 0.15) is 44.1 Å². The average molecular weight is 483 g/mol. The zero-order chi connectivity index (χ0) is 22.7. The summed E-state index contributed by atoms with van der Waals surface area (Å²) >= 11 is 6.18. The maximum Gasteiger partial charge on any atom is 0.281 e. The van der Waals surface area contributed by atoms with Gasteiger partial charge < -0.3 is 9.80 Å². The van der Waals surface area contributed by atoms with Gasteiger partial charge in [-0.15, -0.1) is 0 Å². The normalized spacial score (nSPS) is 24.4. The number of carbonyl (C=O) groups excluding carboxylic acids is 1. The van der Waals surface area contributed by atoms with Gasteiger partial charge in [0.2, 0.25) is 5.91 Å². The number of anilines is 1. The molecule has 1 aromatic carbocycles. The highest BCUT2D eigenvalue weighted by Crippen LogP contribution is 2.27. The number of piperazine rings is 1. The second-order valence-corrected chi connectivity index (χ2v) is 11.6. The molecule has 0 aromatic heterocycles. The predicted molar refractivity (Wildman–Crippen MR) is 128 cm³/mol. The Balaban J connectivity index is 1.36. The molecule has 3 aliphatic rings. The van der Waals surface area contributed by atoms with E-state index in [4.69, 9.17) is 11.6 Å². The molecule has 7 nitrogen and oxygen atoms in total. The first kappa shape index (κ1) is 23.8. The average Bonchev–Trinajstić information content (AvgIpc) is 3.11. The second kappa shape index (κ2) is 10.3. The van der Waals surface area contributed by atoms with Crippen LogP contribution in [0.2, 0.25) is 5.02 Å². The van der Waals surface area contributed by atoms with Gasteiger partial charge in [0.1, 0.15) is 0 Å². The zero-order valence-electron chi connectivity index (χ0n) is 19.0. The lowest BCUT2D eigenvalue weighted by Crippen LogP contribution is -2.54. The molecule has 0 bridgehead atoms. The quantitative estimate of drug-likeness (QED) is 0.661. The topological polar surface area (TPSA) is 64.2 Å². The van der Waals surface area contributed by atoms with Gasteiger partial charge in [-0.2, -0.15) is 17.0 Å². The van der Waals surface area contributed by atoms with Gasteiger partial charge in [-0.1, -0.05) is 30.5 Å². The van der Waals surface area contributed by atoms with Crippen molar-refractivity contribution in [1.29, 1.82) is 0 Å². The van der Waals surface area contributed by atoms with E-state index in [0.717, 1.165) is 62.3 Å². The van der Waals surface area contributed by atoms with Gasteiger partial charge in [-0.3, -0.25) is 4.79 Å². The second-order valence-electron chi connectivity index (χ2n) is 9.26. The predicted octanol–water partition coefficient (Wildman–Crippen LogP) is 3.13. The van der Waals surface area contributed by atoms with E-state index >= 15 is 0 Å². The summed E-state index contributed by atoms with van der Waals surface area (Å²) < 4.78 is 29.6. The molecule has 4 rings (SSSR count). The summed E-state index contributed by atoms with van der Waals surface area (Å²) in [6, 6.07) is 5.91. The number of carbonyl (C=O) groups is 1. The molecule has 0 saturated carbocycles. The fourth-order valence-corrected chi connectivity index (χ4v) is 7.08. The van der Waals surface area contributed by atoms with Crippen LogP contribution in [0.4, 0.5) is 5.69 Å². The highest BCUT2D eigenvalue weighted by molar-refractivity contribution is 7.86. The Morgan fingerprint density at radius 2 is 1.56 bits per heavy atom. The zero-order valence-corrected chi connectivity index (χ0v) is 20.6. The van der Waals surface area contributed by atoms with Crippen LogP contribution < -0.4 is 4.90 Å². The lowest BCUT2D eigenvalue weighted by molar-refractivity contribution is -0.137. The third-order valence-electron chi connectivity index (χ3n) is 7.05. The van der Waals surface area contributed by atoms with Gasteiger partial charge in [0.05, 0.1) is 5.92 Å². The standard InChI is InChI=1S/C23H35ClN4O3S/c1-19-8-9-21(24)17-22(19)25-13-15-26(16-14-25)23(29)20-7-6-12-28(18-20)32(30,31)27-10-4-2-3-5-11-27/h8-9,17,20H,2-7,10-16,18H2,1H3/t20-/m0/s1. The molecule has 0 spiro atoms. The van der Waals surface area contributed by atoms with Crippen LogP contribution in [0.15, 0.2) is 18.2 Å². The molecule has 0 radical (unpaired) electrons. The highest BCUT2D eigenvalue weighted by Gasteiger charge is 2.37. The van der Waals surface area contributed by atoms with Crippen molar-refractivity contribution >= 4 is 33.4 Å². The maximum atomic E-state index is 13.3. The molecule has 3 heterocycles. The van der Waals surface area contributed by atoms with Gasteiger partial charge in [0, 0.05) is 63.1 Å². The molecule has 1 aromatic rings. The Morgan fingerprint density at radius 3 is 2.25 bits per heavy atom. The minimum absolute atomic E-state index is 0.100. The summed E-state index contributed by atoms with van der Waals surface area (Å²) in [4.78, 5) is 17.5. The van der Waals surface area contributed by atoms with Gasteiger partial charge in [-0.25, -0.2) is 0 Å². The van der Waals surface area contributed by atoms with Crippen molar-refractivity contribution < 1.29 is 13.2 Å². The van der Waals surface area contributed by atoms with Gasteiger partial charge in [-0.05, 0) is 50.3 Å². The van der Waals surface area contributed by atoms with Crippen molar-refractivity contribution in [1.82, 2.24) is 13.5 Å². The third kappa shape index (κ3) is 5.24. The molecule has 3 fully saturated rings. The summed E-state index contributed by atoms with van der Waals surface area (Å²) in [6.07, 6.45) is 5.53. The van der Waals surface area contributed by atoms with Crippen molar-refractivity contribution in [2.24, 2.45) is 5.92 Å². The number of aryl methyl sites for hydroxylation is 1. The first-order valence-corrected chi connectivity index (χ1v) is 13.7. The molecule has 0 unspecified atom stereocenters. The largest absolute Gasteiger partial charge is 0.368 e. The van der Waals surface area contributed by atoms with Crippen LogP contribution in [0.5, 0.6) is 0 Å². The van der Waals surface area contributed by atoms with Crippen molar-refractivity contribution in [2.75, 3.05) is 57.3 Å². The monoisotopic (exact) mass is 482 g/mol. The lowest BCUT2D eigenvalue weighted by Gasteiger charge is -2.40. The van der Waals surface area contributed by atoms with Crippen molar-refractivity contribution in [3.63, 3.8) is 0 Å². The maximum absolute atomic E-state index is 13.3. The number of hydrogen-bond acceptors (Lipinski definition) is 4. The Labute approximate surface area is 197 Å². The molecule has 1 atom stereocenters. The SMILES string of the molecule is Cc1ccc(Cl)cc1N1CCN(C(=O)[C@H]2CCCN(S(=O)(=O)N3CCCCCC3)C2)CC1. The number of halogens is 1. The summed E-state index contributed by atoms with van der Waals surface area (Å²) in [5.41, 5.74) is 2.30. The summed E-state index contributed by atoms with van der Waals surface area (Å²) in [6.45, 7) is 6.93. The molecule has 3 aliphatic heterocycles. The van der Waals surface area contributed by atoms with E-state index in [2.05, 4.69) is 11.8 Å². The van der Waals surface area contributed by atoms with E-state index in [-0.39, 0.29) is 11.8 Å².